The van der Waals surface area contributed by atoms with Crippen LogP contribution in [-0.2, 0) is 15.9 Å². The van der Waals surface area contributed by atoms with E-state index in [1.807, 2.05) is 30.3 Å². The maximum absolute atomic E-state index is 11.9. The number of carbonyl (C=O) groups is 1. The Labute approximate surface area is 111 Å². The van der Waals surface area contributed by atoms with Crippen molar-refractivity contribution in [2.45, 2.75) is 18.0 Å². The molecule has 2 heterocycles. The molecule has 2 fully saturated rings. The van der Waals surface area contributed by atoms with Crippen molar-refractivity contribution in [1.29, 1.82) is 5.26 Å². The first kappa shape index (κ1) is 12.0. The van der Waals surface area contributed by atoms with Crippen molar-refractivity contribution in [3.63, 3.8) is 0 Å². The molecular formula is C14H14N2O3. The van der Waals surface area contributed by atoms with Crippen molar-refractivity contribution in [2.24, 2.45) is 0 Å². The molecule has 0 bridgehead atoms. The lowest BCUT2D eigenvalue weighted by Crippen LogP contribution is -2.60. The van der Waals surface area contributed by atoms with Gasteiger partial charge in [-0.1, -0.05) is 30.3 Å². The Kier molecular flexibility index (Phi) is 2.88. The third-order valence-corrected chi connectivity index (χ3v) is 3.63. The fraction of sp³-hybridized carbons (Fsp3) is 0.429. The Bertz CT molecular complexity index is 525. The molecule has 98 valence electrons. The Balaban J connectivity index is 1.86. The van der Waals surface area contributed by atoms with Crippen LogP contribution in [0.4, 0.5) is 4.79 Å². The number of fused-ring (bicyclic) bond motifs is 1. The van der Waals surface area contributed by atoms with E-state index >= 15 is 0 Å². The first-order valence-electron chi connectivity index (χ1n) is 6.24. The van der Waals surface area contributed by atoms with Crippen molar-refractivity contribution < 1.29 is 14.3 Å². The van der Waals surface area contributed by atoms with Gasteiger partial charge in [0.05, 0.1) is 25.3 Å². The van der Waals surface area contributed by atoms with Crippen LogP contribution in [0.2, 0.25) is 0 Å². The molecule has 0 aromatic heterocycles. The minimum atomic E-state index is -0.950. The van der Waals surface area contributed by atoms with Gasteiger partial charge in [-0.05, 0) is 12.0 Å². The summed E-state index contributed by atoms with van der Waals surface area (Å²) in [5.74, 6) is 0. The van der Waals surface area contributed by atoms with Crippen LogP contribution < -0.4 is 0 Å². The Morgan fingerprint density at radius 3 is 2.89 bits per heavy atom. The van der Waals surface area contributed by atoms with Gasteiger partial charge >= 0.3 is 6.09 Å². The molecule has 1 aromatic carbocycles. The second-order valence-corrected chi connectivity index (χ2v) is 4.93. The summed E-state index contributed by atoms with van der Waals surface area (Å²) in [5, 5.41) is 9.35. The van der Waals surface area contributed by atoms with Crippen molar-refractivity contribution in [3.8, 4) is 6.07 Å². The normalized spacial score (nSPS) is 29.5. The molecule has 1 aromatic rings. The van der Waals surface area contributed by atoms with Gasteiger partial charge in [0, 0.05) is 0 Å². The fourth-order valence-corrected chi connectivity index (χ4v) is 2.70. The SMILES string of the molecule is N#CC12COC[C@H](Cc3ccccc3)N1C(=O)OC2. The number of rotatable bonds is 2. The van der Waals surface area contributed by atoms with E-state index < -0.39 is 11.6 Å². The summed E-state index contributed by atoms with van der Waals surface area (Å²) in [7, 11) is 0. The largest absolute Gasteiger partial charge is 0.446 e. The van der Waals surface area contributed by atoms with E-state index in [2.05, 4.69) is 6.07 Å². The summed E-state index contributed by atoms with van der Waals surface area (Å²) in [5.41, 5.74) is 0.166. The van der Waals surface area contributed by atoms with Gasteiger partial charge < -0.3 is 9.47 Å². The van der Waals surface area contributed by atoms with Gasteiger partial charge in [0.2, 0.25) is 0 Å². The van der Waals surface area contributed by atoms with Gasteiger partial charge in [-0.25, -0.2) is 4.79 Å². The molecule has 2 saturated heterocycles. The molecule has 2 aliphatic heterocycles. The number of hydrogen-bond acceptors (Lipinski definition) is 4. The zero-order valence-electron chi connectivity index (χ0n) is 10.4. The average molecular weight is 258 g/mol. The van der Waals surface area contributed by atoms with Gasteiger partial charge in [-0.15, -0.1) is 0 Å². The predicted octanol–water partition coefficient (Wildman–Crippen LogP) is 1.34. The van der Waals surface area contributed by atoms with E-state index in [1.54, 1.807) is 4.90 Å². The molecule has 1 unspecified atom stereocenters. The monoisotopic (exact) mass is 258 g/mol. The lowest BCUT2D eigenvalue weighted by molar-refractivity contribution is -0.0377. The quantitative estimate of drug-likeness (QED) is 0.803. The van der Waals surface area contributed by atoms with Crippen LogP contribution in [0.5, 0.6) is 0 Å². The molecule has 0 radical (unpaired) electrons. The molecular weight excluding hydrogens is 244 g/mol. The van der Waals surface area contributed by atoms with Crippen molar-refractivity contribution >= 4 is 6.09 Å². The molecule has 5 heteroatoms. The van der Waals surface area contributed by atoms with Crippen molar-refractivity contribution in [3.05, 3.63) is 35.9 Å². The second kappa shape index (κ2) is 4.56. The van der Waals surface area contributed by atoms with E-state index in [0.29, 0.717) is 13.0 Å². The number of ether oxygens (including phenoxy) is 2. The van der Waals surface area contributed by atoms with E-state index in [-0.39, 0.29) is 19.3 Å². The fourth-order valence-electron chi connectivity index (χ4n) is 2.70. The average Bonchev–Trinajstić information content (AvgIpc) is 2.79. The maximum Gasteiger partial charge on any atom is 0.411 e. The topological polar surface area (TPSA) is 62.6 Å². The first-order valence-corrected chi connectivity index (χ1v) is 6.24. The van der Waals surface area contributed by atoms with E-state index in [0.717, 1.165) is 5.56 Å². The highest BCUT2D eigenvalue weighted by Crippen LogP contribution is 2.31. The third-order valence-electron chi connectivity index (χ3n) is 3.63. The molecule has 0 aliphatic carbocycles. The Morgan fingerprint density at radius 2 is 2.16 bits per heavy atom. The number of nitrogens with zero attached hydrogens (tertiary/aromatic N) is 2. The summed E-state index contributed by atoms with van der Waals surface area (Å²) in [6.07, 6.45) is 0.255. The minimum absolute atomic E-state index is 0.0909. The summed E-state index contributed by atoms with van der Waals surface area (Å²) < 4.78 is 10.6. The number of nitriles is 1. The number of amides is 1. The number of cyclic esters (lactones) is 1. The lowest BCUT2D eigenvalue weighted by Gasteiger charge is -2.39. The van der Waals surface area contributed by atoms with Gasteiger partial charge in [0.1, 0.15) is 6.61 Å². The van der Waals surface area contributed by atoms with Crippen LogP contribution in [-0.4, -0.2) is 42.4 Å². The van der Waals surface area contributed by atoms with Crippen LogP contribution in [0.3, 0.4) is 0 Å². The number of hydrogen-bond donors (Lipinski definition) is 0. The van der Waals surface area contributed by atoms with Gasteiger partial charge in [0.25, 0.3) is 0 Å². The molecule has 2 atom stereocenters. The highest BCUT2D eigenvalue weighted by Gasteiger charge is 2.54. The molecule has 0 spiro atoms. The summed E-state index contributed by atoms with van der Waals surface area (Å²) in [4.78, 5) is 13.4. The molecule has 2 aliphatic rings. The maximum atomic E-state index is 11.9. The van der Waals surface area contributed by atoms with E-state index in [4.69, 9.17) is 9.47 Å². The van der Waals surface area contributed by atoms with Crippen molar-refractivity contribution in [1.82, 2.24) is 4.90 Å². The van der Waals surface area contributed by atoms with Crippen molar-refractivity contribution in [2.75, 3.05) is 19.8 Å². The summed E-state index contributed by atoms with van der Waals surface area (Å²) >= 11 is 0. The molecule has 19 heavy (non-hydrogen) atoms. The zero-order valence-corrected chi connectivity index (χ0v) is 10.4. The Hall–Kier alpha value is -2.06. The van der Waals surface area contributed by atoms with E-state index in [9.17, 15) is 10.1 Å². The Morgan fingerprint density at radius 1 is 1.37 bits per heavy atom. The smallest absolute Gasteiger partial charge is 0.411 e. The highest BCUT2D eigenvalue weighted by atomic mass is 16.6. The number of morpholine rings is 1. The standard InChI is InChI=1S/C14H14N2O3/c15-8-14-9-18-7-12(16(14)13(17)19-10-14)6-11-4-2-1-3-5-11/h1-5,12H,6-7,9-10H2/t12-,14?/m0/s1. The van der Waals surface area contributed by atoms with E-state index in [1.165, 1.54) is 0 Å². The lowest BCUT2D eigenvalue weighted by atomic mass is 9.95. The molecule has 0 saturated carbocycles. The van der Waals surface area contributed by atoms with Crippen LogP contribution in [0.1, 0.15) is 5.56 Å². The third kappa shape index (κ3) is 1.94. The second-order valence-electron chi connectivity index (χ2n) is 4.93. The molecule has 1 amide bonds. The van der Waals surface area contributed by atoms with Gasteiger partial charge in [-0.2, -0.15) is 5.26 Å². The van der Waals surface area contributed by atoms with Crippen LogP contribution >= 0.6 is 0 Å². The van der Waals surface area contributed by atoms with Gasteiger partial charge in [-0.3, -0.25) is 4.90 Å². The summed E-state index contributed by atoms with van der Waals surface area (Å²) in [6, 6.07) is 11.9. The number of carbonyl (C=O) groups excluding carboxylic acids is 1. The molecule has 3 rings (SSSR count). The zero-order chi connectivity index (χ0) is 13.3. The predicted molar refractivity (Wildman–Crippen MR) is 66.3 cm³/mol. The molecule has 0 N–H and O–H groups in total. The number of benzene rings is 1. The van der Waals surface area contributed by atoms with Gasteiger partial charge in [0.15, 0.2) is 5.54 Å². The summed E-state index contributed by atoms with van der Waals surface area (Å²) in [6.45, 7) is 0.752. The molecule has 5 nitrogen and oxygen atoms in total. The van der Waals surface area contributed by atoms with Crippen LogP contribution in [0, 0.1) is 11.3 Å². The first-order chi connectivity index (χ1) is 9.25. The van der Waals surface area contributed by atoms with Crippen LogP contribution in [0.15, 0.2) is 30.3 Å². The van der Waals surface area contributed by atoms with Crippen LogP contribution in [0.25, 0.3) is 0 Å². The highest BCUT2D eigenvalue weighted by molar-refractivity contribution is 5.73. The minimum Gasteiger partial charge on any atom is -0.446 e.